The second kappa shape index (κ2) is 12.5. The highest BCUT2D eigenvalue weighted by molar-refractivity contribution is 6.07. The van der Waals surface area contributed by atoms with E-state index in [0.717, 1.165) is 75.6 Å². The number of hydrogen-bond acceptors (Lipinski definition) is 5. The molecule has 0 radical (unpaired) electrons. The first-order valence-corrected chi connectivity index (χ1v) is 17.4. The number of nitrogens with zero attached hydrogens (tertiary/aromatic N) is 6. The molecule has 9 rings (SSSR count). The predicted octanol–water partition coefficient (Wildman–Crippen LogP) is 8.78. The van der Waals surface area contributed by atoms with Crippen LogP contribution in [0.5, 0.6) is 0 Å². The molecule has 51 heavy (non-hydrogen) atoms. The summed E-state index contributed by atoms with van der Waals surface area (Å²) in [5.74, 6) is 0. The fraction of sp³-hybridized carbons (Fsp3) is 0.136. The molecule has 0 aliphatic carbocycles. The van der Waals surface area contributed by atoms with Crippen molar-refractivity contribution in [3.05, 3.63) is 150 Å². The zero-order chi connectivity index (χ0) is 34.5. The summed E-state index contributed by atoms with van der Waals surface area (Å²) in [6, 6.07) is 21.5. The number of likely N-dealkylation sites (N-methyl/N-ethyl adjacent to an activating group) is 3. The van der Waals surface area contributed by atoms with Gasteiger partial charge in [0.15, 0.2) is 0 Å². The lowest BCUT2D eigenvalue weighted by Crippen LogP contribution is -2.20. The molecule has 0 unspecified atom stereocenters. The third-order valence-electron chi connectivity index (χ3n) is 9.82. The van der Waals surface area contributed by atoms with Gasteiger partial charge in [0.25, 0.3) is 0 Å². The van der Waals surface area contributed by atoms with Gasteiger partial charge in [0.05, 0.1) is 40.4 Å². The minimum absolute atomic E-state index is 0.743. The number of H-pyrrole nitrogens is 1. The Morgan fingerprint density at radius 2 is 1.16 bits per heavy atom. The molecule has 7 heteroatoms. The number of aromatic nitrogens is 4. The standard InChI is InChI=1S/C44H39N7/c1-48-21-7-12-31(27-48)41-39-20-19-36(47-39)25-35-16-15-33(45-35)24-34-17-18-37(46-34)26-40-42(30-10-5-4-6-11-30)43(32-13-8-22-49(2)28-32)44(41)51(40)38-14-9-23-50(3)29-38/h4-26,45H,27-29H2,1-3H3. The molecule has 0 fully saturated rings. The van der Waals surface area contributed by atoms with Crippen LogP contribution in [0.25, 0.3) is 74.3 Å². The smallest absolute Gasteiger partial charge is 0.0734 e. The minimum Gasteiger partial charge on any atom is -0.376 e. The van der Waals surface area contributed by atoms with Gasteiger partial charge in [0.2, 0.25) is 0 Å². The first kappa shape index (κ1) is 30.7. The van der Waals surface area contributed by atoms with Gasteiger partial charge in [-0.1, -0.05) is 42.5 Å². The molecular weight excluding hydrogens is 627 g/mol. The van der Waals surface area contributed by atoms with Crippen LogP contribution in [-0.2, 0) is 0 Å². The SMILES string of the molecule is CN1C=CC=C(c2c3nc(cc4ccc(cc5nc(cc6c(-c7ccccc7)c(C7=CC=CN(C)C7)c2n6C2=CC=CN(C)C2)C=C5)[nH]4)C=C3)C1. The van der Waals surface area contributed by atoms with Gasteiger partial charge in [-0.05, 0) is 114 Å². The molecule has 3 aromatic heterocycles. The average molecular weight is 666 g/mol. The van der Waals surface area contributed by atoms with Crippen LogP contribution in [0, 0.1) is 0 Å². The van der Waals surface area contributed by atoms with Gasteiger partial charge < -0.3 is 24.3 Å². The zero-order valence-electron chi connectivity index (χ0n) is 29.1. The number of nitrogens with one attached hydrogen (secondary N) is 1. The summed E-state index contributed by atoms with van der Waals surface area (Å²) < 4.78 is 2.50. The Morgan fingerprint density at radius 3 is 1.82 bits per heavy atom. The minimum atomic E-state index is 0.743. The van der Waals surface area contributed by atoms with Gasteiger partial charge in [-0.15, -0.1) is 0 Å². The average Bonchev–Trinajstić information content (AvgIpc) is 3.94. The lowest BCUT2D eigenvalue weighted by Gasteiger charge is -2.26. The number of fused-ring (bicyclic) bond motifs is 8. The molecule has 0 spiro atoms. The van der Waals surface area contributed by atoms with E-state index < -0.39 is 0 Å². The maximum atomic E-state index is 5.38. The van der Waals surface area contributed by atoms with E-state index in [1.54, 1.807) is 0 Å². The summed E-state index contributed by atoms with van der Waals surface area (Å²) >= 11 is 0. The highest BCUT2D eigenvalue weighted by Crippen LogP contribution is 2.45. The van der Waals surface area contributed by atoms with E-state index >= 15 is 0 Å². The summed E-state index contributed by atoms with van der Waals surface area (Å²) in [5, 5.41) is 0. The van der Waals surface area contributed by atoms with Crippen molar-refractivity contribution in [3.8, 4) is 11.1 Å². The second-order valence-corrected chi connectivity index (χ2v) is 13.7. The van der Waals surface area contributed by atoms with Crippen LogP contribution < -0.4 is 0 Å². The zero-order valence-corrected chi connectivity index (χ0v) is 29.1. The number of rotatable bonds is 4. The first-order valence-electron chi connectivity index (χ1n) is 17.4. The molecule has 0 atom stereocenters. The van der Waals surface area contributed by atoms with Gasteiger partial charge in [-0.3, -0.25) is 0 Å². The first-order chi connectivity index (χ1) is 25.0. The Bertz CT molecular complexity index is 2490. The molecule has 0 saturated heterocycles. The molecule has 7 nitrogen and oxygen atoms in total. The monoisotopic (exact) mass is 665 g/mol. The molecule has 1 aromatic carbocycles. The van der Waals surface area contributed by atoms with Gasteiger partial charge in [-0.2, -0.15) is 0 Å². The van der Waals surface area contributed by atoms with E-state index in [1.807, 2.05) is 0 Å². The third kappa shape index (κ3) is 5.76. The summed E-state index contributed by atoms with van der Waals surface area (Å²) in [7, 11) is 6.42. The van der Waals surface area contributed by atoms with E-state index in [1.165, 1.54) is 28.0 Å². The highest BCUT2D eigenvalue weighted by Gasteiger charge is 2.29. The van der Waals surface area contributed by atoms with Gasteiger partial charge in [-0.25, -0.2) is 9.97 Å². The third-order valence-corrected chi connectivity index (χ3v) is 9.82. The molecule has 8 heterocycles. The van der Waals surface area contributed by atoms with Crippen LogP contribution in [0.2, 0.25) is 0 Å². The van der Waals surface area contributed by atoms with Crippen molar-refractivity contribution in [1.29, 1.82) is 0 Å². The van der Waals surface area contributed by atoms with Gasteiger partial charge in [0, 0.05) is 67.7 Å². The highest BCUT2D eigenvalue weighted by atomic mass is 15.1. The van der Waals surface area contributed by atoms with Crippen molar-refractivity contribution in [2.45, 2.75) is 0 Å². The van der Waals surface area contributed by atoms with Gasteiger partial charge in [0.1, 0.15) is 0 Å². The van der Waals surface area contributed by atoms with E-state index in [-0.39, 0.29) is 0 Å². The molecule has 250 valence electrons. The molecule has 5 aliphatic rings. The van der Waals surface area contributed by atoms with E-state index in [0.29, 0.717) is 0 Å². The normalized spacial score (nSPS) is 16.5. The van der Waals surface area contributed by atoms with Crippen molar-refractivity contribution in [2.24, 2.45) is 0 Å². The number of hydrogen-bond donors (Lipinski definition) is 1. The largest absolute Gasteiger partial charge is 0.376 e. The topological polar surface area (TPSA) is 56.2 Å². The Labute approximate surface area is 298 Å². The van der Waals surface area contributed by atoms with Gasteiger partial charge >= 0.3 is 0 Å². The fourth-order valence-corrected chi connectivity index (χ4v) is 7.61. The Kier molecular flexibility index (Phi) is 7.54. The van der Waals surface area contributed by atoms with Crippen LogP contribution in [0.1, 0.15) is 33.9 Å². The quantitative estimate of drug-likeness (QED) is 0.204. The predicted molar refractivity (Wildman–Crippen MR) is 213 cm³/mol. The van der Waals surface area contributed by atoms with Crippen molar-refractivity contribution in [3.63, 3.8) is 0 Å². The summed E-state index contributed by atoms with van der Waals surface area (Å²) in [6.07, 6.45) is 28.2. The Balaban J connectivity index is 1.57. The van der Waals surface area contributed by atoms with Crippen LogP contribution >= 0.6 is 0 Å². The van der Waals surface area contributed by atoms with E-state index in [9.17, 15) is 0 Å². The molecule has 1 N–H and O–H groups in total. The Morgan fingerprint density at radius 1 is 0.569 bits per heavy atom. The maximum Gasteiger partial charge on any atom is 0.0734 e. The number of allylic oxidation sites excluding steroid dienone is 6. The molecular formula is C44H39N7. The van der Waals surface area contributed by atoms with E-state index in [2.05, 4.69) is 185 Å². The van der Waals surface area contributed by atoms with Crippen LogP contribution in [0.15, 0.2) is 116 Å². The van der Waals surface area contributed by atoms with Crippen molar-refractivity contribution < 1.29 is 0 Å². The van der Waals surface area contributed by atoms with Crippen molar-refractivity contribution >= 4 is 63.2 Å². The Hall–Kier alpha value is -6.34. The van der Waals surface area contributed by atoms with E-state index in [4.69, 9.17) is 9.97 Å². The molecule has 5 aliphatic heterocycles. The molecule has 4 aromatic rings. The second-order valence-electron chi connectivity index (χ2n) is 13.7. The summed E-state index contributed by atoms with van der Waals surface area (Å²) in [5.41, 5.74) is 16.2. The molecule has 0 amide bonds. The molecule has 0 saturated carbocycles. The van der Waals surface area contributed by atoms with Crippen LogP contribution in [0.4, 0.5) is 0 Å². The molecule has 8 bridgehead atoms. The summed E-state index contributed by atoms with van der Waals surface area (Å²) in [4.78, 5) is 20.8. The lowest BCUT2D eigenvalue weighted by atomic mass is 9.91. The van der Waals surface area contributed by atoms with Crippen molar-refractivity contribution in [2.75, 3.05) is 40.8 Å². The summed E-state index contributed by atoms with van der Waals surface area (Å²) in [6.45, 7) is 2.27. The van der Waals surface area contributed by atoms with Crippen LogP contribution in [-0.4, -0.2) is 75.0 Å². The van der Waals surface area contributed by atoms with Crippen molar-refractivity contribution in [1.82, 2.24) is 34.2 Å². The number of benzene rings is 1. The maximum absolute atomic E-state index is 5.38. The lowest BCUT2D eigenvalue weighted by molar-refractivity contribution is 0.505. The number of aromatic amines is 1. The fourth-order valence-electron chi connectivity index (χ4n) is 7.61. The van der Waals surface area contributed by atoms with Crippen LogP contribution in [0.3, 0.4) is 0 Å².